The summed E-state index contributed by atoms with van der Waals surface area (Å²) in [7, 11) is 0. The molecule has 0 saturated carbocycles. The summed E-state index contributed by atoms with van der Waals surface area (Å²) in [6, 6.07) is 11.9. The summed E-state index contributed by atoms with van der Waals surface area (Å²) in [5, 5.41) is 17.5. The highest BCUT2D eigenvalue weighted by Gasteiger charge is 2.37. The van der Waals surface area contributed by atoms with Crippen LogP contribution in [-0.4, -0.2) is 23.3 Å². The van der Waals surface area contributed by atoms with Gasteiger partial charge in [-0.25, -0.2) is 0 Å². The quantitative estimate of drug-likeness (QED) is 0.443. The second-order valence-corrected chi connectivity index (χ2v) is 7.73. The van der Waals surface area contributed by atoms with Crippen LogP contribution in [0.2, 0.25) is 0 Å². The molecule has 0 atom stereocenters. The molecule has 8 heteroatoms. The largest absolute Gasteiger partial charge is 0.454 e. The molecule has 1 amide bonds. The van der Waals surface area contributed by atoms with Gasteiger partial charge in [-0.15, -0.1) is 0 Å². The molecule has 2 aliphatic heterocycles. The van der Waals surface area contributed by atoms with Gasteiger partial charge in [0.1, 0.15) is 0 Å². The van der Waals surface area contributed by atoms with E-state index in [9.17, 15) is 14.9 Å². The highest BCUT2D eigenvalue weighted by molar-refractivity contribution is 6.34. The summed E-state index contributed by atoms with van der Waals surface area (Å²) in [6.45, 7) is 5.82. The number of carbonyl (C=O) groups excluding carboxylic acids is 1. The Morgan fingerprint density at radius 1 is 1.14 bits per heavy atom. The van der Waals surface area contributed by atoms with Crippen LogP contribution in [0, 0.1) is 15.5 Å². The van der Waals surface area contributed by atoms with Crippen molar-refractivity contribution < 1.29 is 19.2 Å². The molecule has 0 aromatic heterocycles. The number of para-hydroxylation sites is 1. The summed E-state index contributed by atoms with van der Waals surface area (Å²) in [5.74, 6) is 0.377. The number of anilines is 1. The molecular weight excluding hydrogens is 374 g/mol. The van der Waals surface area contributed by atoms with Crippen LogP contribution >= 0.6 is 0 Å². The van der Waals surface area contributed by atoms with Crippen molar-refractivity contribution in [1.29, 1.82) is 0 Å². The van der Waals surface area contributed by atoms with Gasteiger partial charge in [0.25, 0.3) is 11.6 Å². The van der Waals surface area contributed by atoms with E-state index in [1.165, 1.54) is 23.2 Å². The average Bonchev–Trinajstić information content (AvgIpc) is 3.26. The summed E-state index contributed by atoms with van der Waals surface area (Å²) >= 11 is 0. The first-order valence-corrected chi connectivity index (χ1v) is 9.04. The summed E-state index contributed by atoms with van der Waals surface area (Å²) in [4.78, 5) is 24.3. The van der Waals surface area contributed by atoms with E-state index in [2.05, 4.69) is 5.10 Å². The third-order valence-electron chi connectivity index (χ3n) is 4.61. The summed E-state index contributed by atoms with van der Waals surface area (Å²) < 4.78 is 10.6. The van der Waals surface area contributed by atoms with Crippen LogP contribution in [0.25, 0.3) is 6.08 Å². The van der Waals surface area contributed by atoms with E-state index in [1.54, 1.807) is 12.1 Å². The van der Waals surface area contributed by atoms with E-state index < -0.39 is 10.3 Å². The van der Waals surface area contributed by atoms with E-state index in [-0.39, 0.29) is 24.0 Å². The number of fused-ring (bicyclic) bond motifs is 1. The van der Waals surface area contributed by atoms with Gasteiger partial charge < -0.3 is 9.47 Å². The lowest BCUT2D eigenvalue weighted by Crippen LogP contribution is -2.24. The van der Waals surface area contributed by atoms with Crippen molar-refractivity contribution in [3.8, 4) is 11.5 Å². The van der Waals surface area contributed by atoms with Crippen LogP contribution in [0.1, 0.15) is 26.3 Å². The van der Waals surface area contributed by atoms with Gasteiger partial charge in [0, 0.05) is 5.41 Å². The van der Waals surface area contributed by atoms with Crippen LogP contribution in [0.5, 0.6) is 11.5 Å². The Balaban J connectivity index is 1.85. The standard InChI is InChI=1S/C21H19N3O5/c1-21(2,3)19-15(20(25)23(22-19)14-7-5-4-6-8-14)9-13-10-17-18(29-12-28-17)11-16(13)24(26)27/h4-11H,12H2,1-3H3/b15-9-. The average molecular weight is 393 g/mol. The zero-order valence-electron chi connectivity index (χ0n) is 16.2. The first-order valence-electron chi connectivity index (χ1n) is 9.04. The maximum atomic E-state index is 13.2. The number of carbonyl (C=O) groups is 1. The number of ether oxygens (including phenoxy) is 2. The van der Waals surface area contributed by atoms with Crippen LogP contribution in [-0.2, 0) is 4.79 Å². The fraction of sp³-hybridized carbons (Fsp3) is 0.238. The molecule has 0 N–H and O–H groups in total. The van der Waals surface area contributed by atoms with Gasteiger partial charge in [-0.3, -0.25) is 14.9 Å². The Kier molecular flexibility index (Phi) is 4.34. The van der Waals surface area contributed by atoms with Crippen molar-refractivity contribution in [1.82, 2.24) is 0 Å². The van der Waals surface area contributed by atoms with E-state index in [4.69, 9.17) is 9.47 Å². The molecule has 0 bridgehead atoms. The van der Waals surface area contributed by atoms with Gasteiger partial charge in [-0.05, 0) is 24.3 Å². The first-order chi connectivity index (χ1) is 13.8. The number of hydrazone groups is 1. The summed E-state index contributed by atoms with van der Waals surface area (Å²) in [6.07, 6.45) is 1.51. The van der Waals surface area contributed by atoms with Gasteiger partial charge in [0.15, 0.2) is 11.5 Å². The van der Waals surface area contributed by atoms with Crippen LogP contribution in [0.4, 0.5) is 11.4 Å². The smallest absolute Gasteiger partial charge is 0.280 e. The highest BCUT2D eigenvalue weighted by Crippen LogP contribution is 2.40. The Bertz CT molecular complexity index is 1070. The lowest BCUT2D eigenvalue weighted by atomic mass is 9.85. The molecule has 0 fully saturated rings. The number of benzene rings is 2. The third kappa shape index (κ3) is 3.33. The van der Waals surface area contributed by atoms with Gasteiger partial charge in [-0.1, -0.05) is 39.0 Å². The molecule has 0 aliphatic carbocycles. The predicted molar refractivity (Wildman–Crippen MR) is 108 cm³/mol. The minimum absolute atomic E-state index is 0.00191. The molecule has 0 unspecified atom stereocenters. The van der Waals surface area contributed by atoms with E-state index in [0.717, 1.165) is 0 Å². The number of amides is 1. The monoisotopic (exact) mass is 393 g/mol. The number of hydrogen-bond acceptors (Lipinski definition) is 6. The molecule has 2 heterocycles. The van der Waals surface area contributed by atoms with E-state index >= 15 is 0 Å². The number of rotatable bonds is 3. The van der Waals surface area contributed by atoms with Crippen molar-refractivity contribution in [2.24, 2.45) is 10.5 Å². The van der Waals surface area contributed by atoms with Gasteiger partial charge in [0.05, 0.1) is 33.5 Å². The van der Waals surface area contributed by atoms with Gasteiger partial charge >= 0.3 is 0 Å². The van der Waals surface area contributed by atoms with E-state index in [0.29, 0.717) is 28.5 Å². The van der Waals surface area contributed by atoms with Crippen molar-refractivity contribution in [3.63, 3.8) is 0 Å². The lowest BCUT2D eigenvalue weighted by Gasteiger charge is -2.18. The Morgan fingerprint density at radius 3 is 2.41 bits per heavy atom. The number of nitro benzene ring substituents is 1. The number of nitro groups is 1. The Labute approximate surface area is 167 Å². The molecule has 29 heavy (non-hydrogen) atoms. The molecule has 0 spiro atoms. The number of nitrogens with zero attached hydrogens (tertiary/aromatic N) is 3. The van der Waals surface area contributed by atoms with Crippen molar-refractivity contribution in [2.45, 2.75) is 20.8 Å². The second-order valence-electron chi connectivity index (χ2n) is 7.73. The topological polar surface area (TPSA) is 94.3 Å². The minimum atomic E-state index is -0.503. The van der Waals surface area contributed by atoms with Crippen LogP contribution in [0.15, 0.2) is 53.1 Å². The molecule has 0 radical (unpaired) electrons. The van der Waals surface area contributed by atoms with E-state index in [1.807, 2.05) is 39.0 Å². The fourth-order valence-corrected chi connectivity index (χ4v) is 3.22. The normalized spacial score (nSPS) is 17.1. The zero-order chi connectivity index (χ0) is 20.8. The molecular formula is C21H19N3O5. The molecule has 2 aromatic carbocycles. The van der Waals surface area contributed by atoms with Gasteiger partial charge in [0.2, 0.25) is 6.79 Å². The maximum Gasteiger partial charge on any atom is 0.280 e. The Hall–Kier alpha value is -3.68. The van der Waals surface area contributed by atoms with Crippen molar-refractivity contribution >= 4 is 29.1 Å². The predicted octanol–water partition coefficient (Wildman–Crippen LogP) is 4.16. The zero-order valence-corrected chi connectivity index (χ0v) is 16.2. The lowest BCUT2D eigenvalue weighted by molar-refractivity contribution is -0.385. The maximum absolute atomic E-state index is 13.2. The number of hydrogen-bond donors (Lipinski definition) is 0. The molecule has 8 nitrogen and oxygen atoms in total. The fourth-order valence-electron chi connectivity index (χ4n) is 3.22. The van der Waals surface area contributed by atoms with Gasteiger partial charge in [-0.2, -0.15) is 10.1 Å². The molecule has 2 aromatic rings. The van der Waals surface area contributed by atoms with Crippen LogP contribution < -0.4 is 14.5 Å². The first kappa shape index (κ1) is 18.7. The van der Waals surface area contributed by atoms with Crippen molar-refractivity contribution in [3.05, 3.63) is 63.7 Å². The van der Waals surface area contributed by atoms with Crippen molar-refractivity contribution in [2.75, 3.05) is 11.8 Å². The SMILES string of the molecule is CC(C)(C)C1=NN(c2ccccc2)C(=O)/C1=C\c1cc2c(cc1[N+](=O)[O-])OCO2. The third-order valence-corrected chi connectivity index (χ3v) is 4.61. The molecule has 0 saturated heterocycles. The second kappa shape index (κ2) is 6.73. The molecule has 4 rings (SSSR count). The molecule has 148 valence electrons. The molecule has 2 aliphatic rings. The highest BCUT2D eigenvalue weighted by atomic mass is 16.7. The van der Waals surface area contributed by atoms with Crippen LogP contribution in [0.3, 0.4) is 0 Å². The summed E-state index contributed by atoms with van der Waals surface area (Å²) in [5.41, 5.74) is 1.13. The minimum Gasteiger partial charge on any atom is -0.454 e. The Morgan fingerprint density at radius 2 is 1.79 bits per heavy atom.